The number of nitrogens with zero attached hydrogens (tertiary/aromatic N) is 4. The van der Waals surface area contributed by atoms with Gasteiger partial charge in [0, 0.05) is 74.1 Å². The van der Waals surface area contributed by atoms with E-state index in [0.29, 0.717) is 6.04 Å². The summed E-state index contributed by atoms with van der Waals surface area (Å²) in [5.74, 6) is 2.17. The minimum Gasteiger partial charge on any atom is -0.497 e. The SMILES string of the molecule is COc1ccc2c(c1)c(CN1C[C@@H]3CCC[C@@H](C1)C3(O)c1nccn1C)cn2C(C)C. The lowest BCUT2D eigenvalue weighted by Crippen LogP contribution is -2.58. The molecule has 1 aliphatic heterocycles. The lowest BCUT2D eigenvalue weighted by atomic mass is 9.65. The van der Waals surface area contributed by atoms with Crippen LogP contribution in [0.1, 0.15) is 50.5 Å². The Hall–Kier alpha value is -2.31. The van der Waals surface area contributed by atoms with Crippen molar-refractivity contribution in [1.29, 1.82) is 0 Å². The summed E-state index contributed by atoms with van der Waals surface area (Å²) in [4.78, 5) is 7.11. The molecule has 0 unspecified atom stereocenters. The van der Waals surface area contributed by atoms with E-state index in [2.05, 4.69) is 46.6 Å². The molecule has 6 nitrogen and oxygen atoms in total. The number of aromatic nitrogens is 3. The smallest absolute Gasteiger partial charge is 0.141 e. The molecule has 2 aliphatic rings. The number of methoxy groups -OCH3 is 1. The van der Waals surface area contributed by atoms with Crippen LogP contribution in [0.4, 0.5) is 0 Å². The number of piperidine rings is 1. The van der Waals surface area contributed by atoms with Crippen molar-refractivity contribution in [2.75, 3.05) is 20.2 Å². The van der Waals surface area contributed by atoms with Crippen LogP contribution in [0.15, 0.2) is 36.8 Å². The lowest BCUT2D eigenvalue weighted by Gasteiger charge is -2.52. The van der Waals surface area contributed by atoms with Crippen molar-refractivity contribution in [3.05, 3.63) is 48.2 Å². The third-order valence-corrected chi connectivity index (χ3v) is 7.56. The lowest BCUT2D eigenvalue weighted by molar-refractivity contribution is -0.155. The van der Waals surface area contributed by atoms with Gasteiger partial charge in [-0.25, -0.2) is 4.98 Å². The second-order valence-electron chi connectivity index (χ2n) is 9.74. The number of likely N-dealkylation sites (tertiary alicyclic amines) is 1. The first-order chi connectivity index (χ1) is 14.9. The highest BCUT2D eigenvalue weighted by Crippen LogP contribution is 2.49. The summed E-state index contributed by atoms with van der Waals surface area (Å²) >= 11 is 0. The number of imidazole rings is 1. The van der Waals surface area contributed by atoms with Gasteiger partial charge in [-0.15, -0.1) is 0 Å². The molecule has 1 N–H and O–H groups in total. The maximum Gasteiger partial charge on any atom is 0.141 e. The summed E-state index contributed by atoms with van der Waals surface area (Å²) in [6.45, 7) is 7.15. The fourth-order valence-electron chi connectivity index (χ4n) is 6.01. The second kappa shape index (κ2) is 7.68. The molecule has 0 spiro atoms. The summed E-state index contributed by atoms with van der Waals surface area (Å²) < 4.78 is 9.88. The molecule has 31 heavy (non-hydrogen) atoms. The second-order valence-corrected chi connectivity index (χ2v) is 9.74. The predicted octanol–water partition coefficient (Wildman–Crippen LogP) is 4.08. The molecule has 2 aromatic heterocycles. The standard InChI is InChI=1S/C25H34N4O2/c1-17(2)29-14-18(22-12-21(31-4)8-9-23(22)29)13-28-15-19-6-5-7-20(16-28)25(19,30)24-26-10-11-27(24)3/h8-12,14,17,19-20,30H,5-7,13,15-16H2,1-4H3/t19-,20-/m0/s1. The highest BCUT2D eigenvalue weighted by Gasteiger charge is 2.53. The van der Waals surface area contributed by atoms with Crippen LogP contribution in [0.2, 0.25) is 0 Å². The Morgan fingerprint density at radius 1 is 1.23 bits per heavy atom. The minimum atomic E-state index is -0.817. The van der Waals surface area contributed by atoms with Crippen molar-refractivity contribution >= 4 is 10.9 Å². The zero-order valence-electron chi connectivity index (χ0n) is 19.1. The van der Waals surface area contributed by atoms with Crippen molar-refractivity contribution in [1.82, 2.24) is 19.0 Å². The van der Waals surface area contributed by atoms with Crippen molar-refractivity contribution < 1.29 is 9.84 Å². The van der Waals surface area contributed by atoms with E-state index in [0.717, 1.165) is 44.0 Å². The number of hydrogen-bond acceptors (Lipinski definition) is 4. The number of fused-ring (bicyclic) bond motifs is 3. The molecule has 2 bridgehead atoms. The summed E-state index contributed by atoms with van der Waals surface area (Å²) in [6.07, 6.45) is 9.37. The number of aliphatic hydroxyl groups is 1. The van der Waals surface area contributed by atoms with Crippen LogP contribution in [0.25, 0.3) is 10.9 Å². The van der Waals surface area contributed by atoms with Crippen molar-refractivity contribution in [3.63, 3.8) is 0 Å². The molecule has 2 fully saturated rings. The molecule has 1 saturated heterocycles. The van der Waals surface area contributed by atoms with Gasteiger partial charge in [0.2, 0.25) is 0 Å². The molecule has 3 heterocycles. The molecule has 0 radical (unpaired) electrons. The summed E-state index contributed by atoms with van der Waals surface area (Å²) in [7, 11) is 3.72. The van der Waals surface area contributed by atoms with Gasteiger partial charge in [-0.2, -0.15) is 0 Å². The topological polar surface area (TPSA) is 55.5 Å². The molecule has 2 atom stereocenters. The Morgan fingerprint density at radius 3 is 2.58 bits per heavy atom. The molecule has 0 amide bonds. The molecule has 3 aromatic rings. The highest BCUT2D eigenvalue weighted by molar-refractivity contribution is 5.85. The first-order valence-electron chi connectivity index (χ1n) is 11.5. The Kier molecular flexibility index (Phi) is 5.10. The first-order valence-corrected chi connectivity index (χ1v) is 11.5. The summed E-state index contributed by atoms with van der Waals surface area (Å²) in [6, 6.07) is 6.78. The number of hydrogen-bond donors (Lipinski definition) is 1. The van der Waals surface area contributed by atoms with Gasteiger partial charge in [0.1, 0.15) is 17.2 Å². The van der Waals surface area contributed by atoms with E-state index >= 15 is 0 Å². The Labute approximate surface area is 184 Å². The largest absolute Gasteiger partial charge is 0.497 e. The quantitative estimate of drug-likeness (QED) is 0.673. The molecule has 5 rings (SSSR count). The van der Waals surface area contributed by atoms with Gasteiger partial charge >= 0.3 is 0 Å². The Morgan fingerprint density at radius 2 is 1.97 bits per heavy atom. The summed E-state index contributed by atoms with van der Waals surface area (Å²) in [5.41, 5.74) is 1.78. The number of rotatable bonds is 5. The monoisotopic (exact) mass is 422 g/mol. The molecule has 1 aliphatic carbocycles. The zero-order valence-corrected chi connectivity index (χ0v) is 19.1. The van der Waals surface area contributed by atoms with Gasteiger partial charge in [0.05, 0.1) is 7.11 Å². The first kappa shape index (κ1) is 20.6. The normalized spacial score (nSPS) is 26.6. The Bertz CT molecular complexity index is 1070. The third kappa shape index (κ3) is 3.28. The van der Waals surface area contributed by atoms with E-state index in [4.69, 9.17) is 4.74 Å². The van der Waals surface area contributed by atoms with Gasteiger partial charge in [-0.05, 0) is 50.5 Å². The zero-order chi connectivity index (χ0) is 21.8. The van der Waals surface area contributed by atoms with Crippen LogP contribution in [0.5, 0.6) is 5.75 Å². The maximum atomic E-state index is 11.9. The van der Waals surface area contributed by atoms with Gasteiger partial charge in [-0.3, -0.25) is 4.90 Å². The molecular formula is C25H34N4O2. The van der Waals surface area contributed by atoms with E-state index in [-0.39, 0.29) is 11.8 Å². The van der Waals surface area contributed by atoms with Crippen molar-refractivity contribution in [3.8, 4) is 5.75 Å². The van der Waals surface area contributed by atoms with Crippen molar-refractivity contribution in [2.45, 2.75) is 51.3 Å². The van der Waals surface area contributed by atoms with Crippen LogP contribution in [0.3, 0.4) is 0 Å². The number of aryl methyl sites for hydroxylation is 1. The van der Waals surface area contributed by atoms with Crippen molar-refractivity contribution in [2.24, 2.45) is 18.9 Å². The maximum absolute atomic E-state index is 11.9. The molecule has 6 heteroatoms. The van der Waals surface area contributed by atoms with E-state index in [1.807, 2.05) is 30.1 Å². The Balaban J connectivity index is 1.46. The third-order valence-electron chi connectivity index (χ3n) is 7.56. The average molecular weight is 423 g/mol. The average Bonchev–Trinajstić information content (AvgIpc) is 3.32. The van der Waals surface area contributed by atoms with Gasteiger partial charge < -0.3 is 19.0 Å². The van der Waals surface area contributed by atoms with Crippen LogP contribution in [-0.4, -0.2) is 44.3 Å². The van der Waals surface area contributed by atoms with Crippen LogP contribution < -0.4 is 4.74 Å². The number of ether oxygens (including phenoxy) is 1. The predicted molar refractivity (Wildman–Crippen MR) is 122 cm³/mol. The molecule has 166 valence electrons. The molecular weight excluding hydrogens is 388 g/mol. The fraction of sp³-hybridized carbons (Fsp3) is 0.560. The summed E-state index contributed by atoms with van der Waals surface area (Å²) in [5, 5.41) is 13.1. The number of benzene rings is 1. The van der Waals surface area contributed by atoms with E-state index in [1.54, 1.807) is 7.11 Å². The van der Waals surface area contributed by atoms with Crippen LogP contribution in [0, 0.1) is 11.8 Å². The fourth-order valence-corrected chi connectivity index (χ4v) is 6.01. The van der Waals surface area contributed by atoms with Gasteiger partial charge in [0.25, 0.3) is 0 Å². The van der Waals surface area contributed by atoms with Crippen LogP contribution >= 0.6 is 0 Å². The molecule has 1 aromatic carbocycles. The minimum absolute atomic E-state index is 0.217. The van der Waals surface area contributed by atoms with Gasteiger partial charge in [0.15, 0.2) is 0 Å². The van der Waals surface area contributed by atoms with E-state index in [1.165, 1.54) is 22.9 Å². The molecule has 1 saturated carbocycles. The highest BCUT2D eigenvalue weighted by atomic mass is 16.5. The van der Waals surface area contributed by atoms with E-state index in [9.17, 15) is 5.11 Å². The van der Waals surface area contributed by atoms with Gasteiger partial charge in [-0.1, -0.05) is 6.42 Å². The van der Waals surface area contributed by atoms with Crippen LogP contribution in [-0.2, 0) is 19.2 Å². The van der Waals surface area contributed by atoms with E-state index < -0.39 is 5.60 Å².